The minimum absolute atomic E-state index is 0.0266. The number of urea groups is 1. The van der Waals surface area contributed by atoms with Gasteiger partial charge in [0.1, 0.15) is 5.69 Å². The second kappa shape index (κ2) is 8.42. The number of nitrogens with one attached hydrogen (secondary N) is 2. The number of rotatable bonds is 4. The van der Waals surface area contributed by atoms with E-state index in [0.29, 0.717) is 42.5 Å². The van der Waals surface area contributed by atoms with Crippen LogP contribution in [0.25, 0.3) is 11.3 Å². The standard InChI is InChI=1S/C18H23N5O4S/c1-22(2)18(26)23-6-4-11(5-7-23)15(24)21-17-20-14(10-28-17)12-8-13(19-9-12)16(25)27-3/h8-11,19H,4-7H2,1-3H3,(H,20,21,24). The molecule has 1 saturated heterocycles. The Hall–Kier alpha value is -2.88. The number of ether oxygens (including phenoxy) is 1. The Morgan fingerprint density at radius 1 is 1.32 bits per heavy atom. The molecule has 0 spiro atoms. The van der Waals surface area contributed by atoms with E-state index in [1.807, 2.05) is 5.38 Å². The number of nitrogens with zero attached hydrogens (tertiary/aromatic N) is 3. The second-order valence-electron chi connectivity index (χ2n) is 6.76. The molecule has 0 radical (unpaired) electrons. The smallest absolute Gasteiger partial charge is 0.354 e. The van der Waals surface area contributed by atoms with E-state index < -0.39 is 5.97 Å². The minimum atomic E-state index is -0.450. The summed E-state index contributed by atoms with van der Waals surface area (Å²) in [5, 5.41) is 5.19. The van der Waals surface area contributed by atoms with Gasteiger partial charge in [0.15, 0.2) is 5.13 Å². The van der Waals surface area contributed by atoms with Gasteiger partial charge < -0.3 is 24.8 Å². The van der Waals surface area contributed by atoms with E-state index in [1.165, 1.54) is 18.4 Å². The van der Waals surface area contributed by atoms with Crippen molar-refractivity contribution in [2.45, 2.75) is 12.8 Å². The topological polar surface area (TPSA) is 108 Å². The van der Waals surface area contributed by atoms with Crippen LogP contribution in [-0.2, 0) is 9.53 Å². The number of piperidine rings is 1. The average Bonchev–Trinajstić information content (AvgIpc) is 3.36. The van der Waals surface area contributed by atoms with Gasteiger partial charge >= 0.3 is 12.0 Å². The minimum Gasteiger partial charge on any atom is -0.464 e. The molecule has 3 rings (SSSR count). The van der Waals surface area contributed by atoms with E-state index >= 15 is 0 Å². The fourth-order valence-corrected chi connectivity index (χ4v) is 3.78. The Labute approximate surface area is 166 Å². The van der Waals surface area contributed by atoms with Crippen molar-refractivity contribution >= 4 is 34.4 Å². The summed E-state index contributed by atoms with van der Waals surface area (Å²) < 4.78 is 4.67. The Morgan fingerprint density at radius 2 is 2.04 bits per heavy atom. The SMILES string of the molecule is COC(=O)c1cc(-c2csc(NC(=O)C3CCN(C(=O)N(C)C)CC3)n2)c[nH]1. The summed E-state index contributed by atoms with van der Waals surface area (Å²) in [6, 6.07) is 1.63. The molecule has 2 N–H and O–H groups in total. The summed E-state index contributed by atoms with van der Waals surface area (Å²) in [6.45, 7) is 1.13. The number of anilines is 1. The lowest BCUT2D eigenvalue weighted by Crippen LogP contribution is -2.45. The number of aromatic nitrogens is 2. The second-order valence-corrected chi connectivity index (χ2v) is 7.62. The normalized spacial score (nSPS) is 14.6. The average molecular weight is 405 g/mol. The molecule has 0 unspecified atom stereocenters. The zero-order valence-electron chi connectivity index (χ0n) is 16.0. The van der Waals surface area contributed by atoms with Crippen molar-refractivity contribution in [1.82, 2.24) is 19.8 Å². The van der Waals surface area contributed by atoms with Gasteiger partial charge in [0.2, 0.25) is 5.91 Å². The molecular formula is C18H23N5O4S. The lowest BCUT2D eigenvalue weighted by Gasteiger charge is -2.32. The lowest BCUT2D eigenvalue weighted by atomic mass is 9.96. The van der Waals surface area contributed by atoms with E-state index in [1.54, 1.807) is 36.2 Å². The van der Waals surface area contributed by atoms with Crippen molar-refractivity contribution in [3.05, 3.63) is 23.3 Å². The van der Waals surface area contributed by atoms with Gasteiger partial charge in [-0.2, -0.15) is 0 Å². The van der Waals surface area contributed by atoms with E-state index in [4.69, 9.17) is 0 Å². The number of carbonyl (C=O) groups is 3. The molecular weight excluding hydrogens is 382 g/mol. The lowest BCUT2D eigenvalue weighted by molar-refractivity contribution is -0.121. The van der Waals surface area contributed by atoms with Gasteiger partial charge in [-0.1, -0.05) is 0 Å². The Kier molecular flexibility index (Phi) is 5.98. The van der Waals surface area contributed by atoms with E-state index in [0.717, 1.165) is 5.56 Å². The molecule has 1 fully saturated rings. The maximum Gasteiger partial charge on any atom is 0.354 e. The van der Waals surface area contributed by atoms with Crippen LogP contribution in [0, 0.1) is 5.92 Å². The molecule has 1 aliphatic rings. The zero-order valence-corrected chi connectivity index (χ0v) is 16.8. The monoisotopic (exact) mass is 405 g/mol. The first-order valence-corrected chi connectivity index (χ1v) is 9.76. The molecule has 28 heavy (non-hydrogen) atoms. The quantitative estimate of drug-likeness (QED) is 0.759. The highest BCUT2D eigenvalue weighted by molar-refractivity contribution is 7.14. The van der Waals surface area contributed by atoms with Crippen LogP contribution in [0.5, 0.6) is 0 Å². The van der Waals surface area contributed by atoms with Crippen LogP contribution >= 0.6 is 11.3 Å². The maximum atomic E-state index is 12.5. The number of H-pyrrole nitrogens is 1. The van der Waals surface area contributed by atoms with Crippen molar-refractivity contribution in [2.75, 3.05) is 39.6 Å². The van der Waals surface area contributed by atoms with Gasteiger partial charge in [0, 0.05) is 50.2 Å². The van der Waals surface area contributed by atoms with Crippen LogP contribution in [0.3, 0.4) is 0 Å². The number of methoxy groups -OCH3 is 1. The highest BCUT2D eigenvalue weighted by atomic mass is 32.1. The largest absolute Gasteiger partial charge is 0.464 e. The van der Waals surface area contributed by atoms with Gasteiger partial charge in [-0.3, -0.25) is 4.79 Å². The molecule has 10 heteroatoms. The number of thiazole rings is 1. The number of hydrogen-bond donors (Lipinski definition) is 2. The molecule has 1 aliphatic heterocycles. The van der Waals surface area contributed by atoms with Gasteiger partial charge in [-0.15, -0.1) is 11.3 Å². The predicted molar refractivity (Wildman–Crippen MR) is 105 cm³/mol. The van der Waals surface area contributed by atoms with Crippen molar-refractivity contribution in [2.24, 2.45) is 5.92 Å². The fourth-order valence-electron chi connectivity index (χ4n) is 3.06. The summed E-state index contributed by atoms with van der Waals surface area (Å²) in [5.74, 6) is -0.673. The number of carbonyl (C=O) groups excluding carboxylic acids is 3. The molecule has 0 aliphatic carbocycles. The van der Waals surface area contributed by atoms with Crippen molar-refractivity contribution in [3.63, 3.8) is 0 Å². The van der Waals surface area contributed by atoms with E-state index in [-0.39, 0.29) is 17.9 Å². The molecule has 0 bridgehead atoms. The van der Waals surface area contributed by atoms with Crippen LogP contribution in [-0.4, -0.2) is 72.0 Å². The van der Waals surface area contributed by atoms with Gasteiger partial charge in [0.05, 0.1) is 12.8 Å². The molecule has 0 saturated carbocycles. The number of hydrogen-bond acceptors (Lipinski definition) is 6. The highest BCUT2D eigenvalue weighted by Gasteiger charge is 2.28. The molecule has 2 aromatic rings. The predicted octanol–water partition coefficient (Wildman–Crippen LogP) is 2.26. The molecule has 2 aromatic heterocycles. The summed E-state index contributed by atoms with van der Waals surface area (Å²) in [6.07, 6.45) is 2.93. The van der Waals surface area contributed by atoms with Gasteiger partial charge in [-0.25, -0.2) is 14.6 Å². The molecule has 9 nitrogen and oxygen atoms in total. The Bertz CT molecular complexity index is 867. The number of aromatic amines is 1. The molecule has 0 aromatic carbocycles. The molecule has 3 amide bonds. The van der Waals surface area contributed by atoms with Crippen LogP contribution in [0.2, 0.25) is 0 Å². The van der Waals surface area contributed by atoms with Crippen molar-refractivity contribution in [1.29, 1.82) is 0 Å². The van der Waals surface area contributed by atoms with Crippen LogP contribution in [0.1, 0.15) is 23.3 Å². The van der Waals surface area contributed by atoms with Gasteiger partial charge in [0.25, 0.3) is 0 Å². The highest BCUT2D eigenvalue weighted by Crippen LogP contribution is 2.27. The van der Waals surface area contributed by atoms with Crippen LogP contribution in [0.15, 0.2) is 17.6 Å². The fraction of sp³-hybridized carbons (Fsp3) is 0.444. The van der Waals surface area contributed by atoms with E-state index in [2.05, 4.69) is 20.0 Å². The summed E-state index contributed by atoms with van der Waals surface area (Å²) in [5.41, 5.74) is 1.75. The molecule has 3 heterocycles. The van der Waals surface area contributed by atoms with Gasteiger partial charge in [-0.05, 0) is 18.9 Å². The number of esters is 1. The Morgan fingerprint density at radius 3 is 2.68 bits per heavy atom. The maximum absolute atomic E-state index is 12.5. The summed E-state index contributed by atoms with van der Waals surface area (Å²) >= 11 is 1.33. The van der Waals surface area contributed by atoms with Crippen molar-refractivity contribution < 1.29 is 19.1 Å². The van der Waals surface area contributed by atoms with Crippen molar-refractivity contribution in [3.8, 4) is 11.3 Å². The van der Waals surface area contributed by atoms with Crippen LogP contribution < -0.4 is 5.32 Å². The number of likely N-dealkylation sites (tertiary alicyclic amines) is 1. The summed E-state index contributed by atoms with van der Waals surface area (Å²) in [7, 11) is 4.76. The zero-order chi connectivity index (χ0) is 20.3. The van der Waals surface area contributed by atoms with E-state index in [9.17, 15) is 14.4 Å². The first kappa shape index (κ1) is 19.9. The molecule has 150 valence electrons. The first-order chi connectivity index (χ1) is 13.4. The third-order valence-electron chi connectivity index (χ3n) is 4.64. The third-order valence-corrected chi connectivity index (χ3v) is 5.39. The molecule has 0 atom stereocenters. The number of amides is 3. The first-order valence-electron chi connectivity index (χ1n) is 8.88. The Balaban J connectivity index is 1.57. The summed E-state index contributed by atoms with van der Waals surface area (Å²) in [4.78, 5) is 46.6. The van der Waals surface area contributed by atoms with Crippen LogP contribution in [0.4, 0.5) is 9.93 Å². The third kappa shape index (κ3) is 4.33.